The molecule has 1 heterocycles. The van der Waals surface area contributed by atoms with E-state index in [1.165, 1.54) is 0 Å². The van der Waals surface area contributed by atoms with Crippen LogP contribution in [0.1, 0.15) is 17.0 Å². The first-order chi connectivity index (χ1) is 16.6. The Hall–Kier alpha value is -3.60. The summed E-state index contributed by atoms with van der Waals surface area (Å²) in [4.78, 5) is 36.0. The lowest BCUT2D eigenvalue weighted by Crippen LogP contribution is -2.59. The van der Waals surface area contributed by atoms with Gasteiger partial charge in [0, 0.05) is 25.6 Å². The summed E-state index contributed by atoms with van der Waals surface area (Å²) in [6.07, 6.45) is -6.58. The Morgan fingerprint density at radius 3 is 2.14 bits per heavy atom. The van der Waals surface area contributed by atoms with Gasteiger partial charge in [-0.05, 0) is 22.3 Å². The van der Waals surface area contributed by atoms with Crippen molar-refractivity contribution >= 4 is 18.0 Å². The second-order valence-corrected chi connectivity index (χ2v) is 8.37. The van der Waals surface area contributed by atoms with E-state index in [0.29, 0.717) is 0 Å². The topological polar surface area (TPSA) is 105 Å². The number of likely N-dealkylation sites (tertiary alicyclic amines) is 1. The number of nitrogens with one attached hydrogen (secondary N) is 1. The Balaban J connectivity index is 1.31. The number of benzene rings is 2. The number of carboxylic acids is 1. The van der Waals surface area contributed by atoms with Crippen molar-refractivity contribution < 1.29 is 42.1 Å². The van der Waals surface area contributed by atoms with Gasteiger partial charge in [-0.25, -0.2) is 9.59 Å². The maximum absolute atomic E-state index is 13.5. The lowest BCUT2D eigenvalue weighted by Gasteiger charge is -2.40. The van der Waals surface area contributed by atoms with E-state index in [9.17, 15) is 27.6 Å². The van der Waals surface area contributed by atoms with Crippen LogP contribution in [0.15, 0.2) is 48.5 Å². The number of alkyl carbamates (subject to hydrolysis) is 1. The number of carbonyl (C=O) groups is 3. The van der Waals surface area contributed by atoms with E-state index in [1.807, 2.05) is 48.5 Å². The van der Waals surface area contributed by atoms with Crippen molar-refractivity contribution in [3.63, 3.8) is 0 Å². The highest BCUT2D eigenvalue weighted by atomic mass is 19.4. The van der Waals surface area contributed by atoms with Gasteiger partial charge in [0.1, 0.15) is 13.2 Å². The van der Waals surface area contributed by atoms with Gasteiger partial charge in [0.05, 0.1) is 6.10 Å². The highest BCUT2D eigenvalue weighted by molar-refractivity contribution is 5.82. The third-order valence-electron chi connectivity index (χ3n) is 6.09. The first-order valence-electron chi connectivity index (χ1n) is 10.9. The molecule has 0 spiro atoms. The van der Waals surface area contributed by atoms with Crippen molar-refractivity contribution in [3.05, 3.63) is 59.7 Å². The van der Waals surface area contributed by atoms with Crippen LogP contribution < -0.4 is 5.32 Å². The fourth-order valence-electron chi connectivity index (χ4n) is 4.31. The minimum atomic E-state index is -4.89. The molecule has 0 radical (unpaired) electrons. The molecule has 0 bridgehead atoms. The zero-order chi connectivity index (χ0) is 25.2. The van der Waals surface area contributed by atoms with Crippen LogP contribution >= 0.6 is 0 Å². The van der Waals surface area contributed by atoms with Crippen LogP contribution in [0, 0.1) is 5.92 Å². The molecule has 0 aromatic heterocycles. The lowest BCUT2D eigenvalue weighted by molar-refractivity contribution is -0.194. The SMILES string of the molecule is O=C(O)COC1CN(C(=O)C(CNC(=O)OCC2c3ccccc3-c3ccccc32)C(F)(F)F)C1. The minimum absolute atomic E-state index is 0.0702. The fraction of sp³-hybridized carbons (Fsp3) is 0.375. The number of carboxylic acid groups (broad SMARTS) is 1. The lowest BCUT2D eigenvalue weighted by atomic mass is 9.98. The van der Waals surface area contributed by atoms with E-state index in [-0.39, 0.29) is 25.6 Å². The quantitative estimate of drug-likeness (QED) is 0.587. The number of aliphatic carboxylic acids is 1. The molecule has 2 aliphatic rings. The first kappa shape index (κ1) is 24.5. The molecule has 1 atom stereocenters. The van der Waals surface area contributed by atoms with Crippen LogP contribution in [0.25, 0.3) is 11.1 Å². The number of halogens is 3. The minimum Gasteiger partial charge on any atom is -0.480 e. The molecule has 35 heavy (non-hydrogen) atoms. The predicted octanol–water partition coefficient (Wildman–Crippen LogP) is 3.02. The van der Waals surface area contributed by atoms with E-state index < -0.39 is 49.3 Å². The molecule has 2 amide bonds. The summed E-state index contributed by atoms with van der Waals surface area (Å²) in [6.45, 7) is -1.94. The summed E-state index contributed by atoms with van der Waals surface area (Å²) < 4.78 is 50.7. The number of hydrogen-bond acceptors (Lipinski definition) is 5. The van der Waals surface area contributed by atoms with Gasteiger partial charge in [0.15, 0.2) is 5.92 Å². The third-order valence-corrected chi connectivity index (χ3v) is 6.09. The number of alkyl halides is 3. The van der Waals surface area contributed by atoms with Gasteiger partial charge in [-0.1, -0.05) is 48.5 Å². The average Bonchev–Trinajstić information content (AvgIpc) is 3.09. The summed E-state index contributed by atoms with van der Waals surface area (Å²) in [5, 5.41) is 10.6. The number of hydrogen-bond donors (Lipinski definition) is 2. The zero-order valence-corrected chi connectivity index (χ0v) is 18.5. The average molecular weight is 492 g/mol. The van der Waals surface area contributed by atoms with Crippen LogP contribution in [0.2, 0.25) is 0 Å². The highest BCUT2D eigenvalue weighted by Gasteiger charge is 2.49. The van der Waals surface area contributed by atoms with Crippen LogP contribution in [0.3, 0.4) is 0 Å². The monoisotopic (exact) mass is 492 g/mol. The van der Waals surface area contributed by atoms with E-state index in [1.54, 1.807) is 0 Å². The summed E-state index contributed by atoms with van der Waals surface area (Å²) in [5.74, 6) is -5.14. The molecule has 2 aromatic rings. The Bertz CT molecular complexity index is 1070. The van der Waals surface area contributed by atoms with Gasteiger partial charge >= 0.3 is 18.2 Å². The van der Waals surface area contributed by atoms with Gasteiger partial charge in [-0.3, -0.25) is 4.79 Å². The molecule has 186 valence electrons. The molecule has 2 aromatic carbocycles. The van der Waals surface area contributed by atoms with Gasteiger partial charge in [0.2, 0.25) is 5.91 Å². The molecular weight excluding hydrogens is 469 g/mol. The maximum Gasteiger partial charge on any atom is 0.407 e. The van der Waals surface area contributed by atoms with E-state index in [2.05, 4.69) is 5.32 Å². The standard InChI is InChI=1S/C24H23F3N2O6/c25-24(26,27)20(22(32)29-10-14(11-29)34-13-21(30)31)9-28-23(33)35-12-19-17-7-3-1-5-15(17)16-6-2-4-8-18(16)19/h1-8,14,19-20H,9-13H2,(H,28,33)(H,30,31). The zero-order valence-electron chi connectivity index (χ0n) is 18.5. The van der Waals surface area contributed by atoms with Crippen molar-refractivity contribution in [3.8, 4) is 11.1 Å². The van der Waals surface area contributed by atoms with Crippen LogP contribution in [-0.4, -0.2) is 73.1 Å². The number of fused-ring (bicyclic) bond motifs is 3. The molecule has 0 saturated carbocycles. The van der Waals surface area contributed by atoms with Gasteiger partial charge < -0.3 is 24.8 Å². The van der Waals surface area contributed by atoms with Crippen molar-refractivity contribution in [2.24, 2.45) is 5.92 Å². The van der Waals surface area contributed by atoms with Gasteiger partial charge in [0.25, 0.3) is 0 Å². The predicted molar refractivity (Wildman–Crippen MR) is 117 cm³/mol. The van der Waals surface area contributed by atoms with E-state index >= 15 is 0 Å². The normalized spacial score (nSPS) is 16.1. The van der Waals surface area contributed by atoms with Crippen molar-refractivity contribution in [1.29, 1.82) is 0 Å². The fourth-order valence-corrected chi connectivity index (χ4v) is 4.31. The third kappa shape index (κ3) is 5.40. The Morgan fingerprint density at radius 2 is 1.60 bits per heavy atom. The summed E-state index contributed by atoms with van der Waals surface area (Å²) in [5.41, 5.74) is 3.95. The summed E-state index contributed by atoms with van der Waals surface area (Å²) >= 11 is 0. The second-order valence-electron chi connectivity index (χ2n) is 8.37. The molecule has 1 fully saturated rings. The van der Waals surface area contributed by atoms with Crippen LogP contribution in [0.4, 0.5) is 18.0 Å². The molecule has 11 heteroatoms. The maximum atomic E-state index is 13.5. The molecule has 1 saturated heterocycles. The molecule has 1 aliphatic carbocycles. The molecular formula is C24H23F3N2O6. The number of amides is 2. The molecule has 1 unspecified atom stereocenters. The van der Waals surface area contributed by atoms with E-state index in [4.69, 9.17) is 14.6 Å². The van der Waals surface area contributed by atoms with Gasteiger partial charge in [-0.2, -0.15) is 13.2 Å². The Labute approximate surface area is 198 Å². The molecule has 2 N–H and O–H groups in total. The van der Waals surface area contributed by atoms with Crippen LogP contribution in [0.5, 0.6) is 0 Å². The van der Waals surface area contributed by atoms with Crippen molar-refractivity contribution in [1.82, 2.24) is 10.2 Å². The number of carbonyl (C=O) groups excluding carboxylic acids is 2. The van der Waals surface area contributed by atoms with Gasteiger partial charge in [-0.15, -0.1) is 0 Å². The van der Waals surface area contributed by atoms with Crippen LogP contribution in [-0.2, 0) is 19.1 Å². The van der Waals surface area contributed by atoms with E-state index in [0.717, 1.165) is 27.2 Å². The molecule has 8 nitrogen and oxygen atoms in total. The Morgan fingerprint density at radius 1 is 1.03 bits per heavy atom. The van der Waals surface area contributed by atoms with Crippen molar-refractivity contribution in [2.75, 3.05) is 32.8 Å². The molecule has 1 aliphatic heterocycles. The smallest absolute Gasteiger partial charge is 0.407 e. The summed E-state index contributed by atoms with van der Waals surface area (Å²) in [6, 6.07) is 15.3. The van der Waals surface area contributed by atoms with Crippen molar-refractivity contribution in [2.45, 2.75) is 18.2 Å². The highest BCUT2D eigenvalue weighted by Crippen LogP contribution is 2.44. The number of rotatable bonds is 8. The number of nitrogens with zero attached hydrogens (tertiary/aromatic N) is 1. The Kier molecular flexibility index (Phi) is 6.97. The molecule has 4 rings (SSSR count). The largest absolute Gasteiger partial charge is 0.480 e. The first-order valence-corrected chi connectivity index (χ1v) is 10.9. The summed E-state index contributed by atoms with van der Waals surface area (Å²) in [7, 11) is 0. The number of ether oxygens (including phenoxy) is 2. The second kappa shape index (κ2) is 9.95.